The summed E-state index contributed by atoms with van der Waals surface area (Å²) in [5.41, 5.74) is 0.889. The minimum Gasteiger partial charge on any atom is -0.507 e. The van der Waals surface area contributed by atoms with E-state index in [-0.39, 0.29) is 16.5 Å². The second-order valence-electron chi connectivity index (χ2n) is 10.6. The smallest absolute Gasteiger partial charge is 0.339 e. The van der Waals surface area contributed by atoms with E-state index in [1.54, 1.807) is 12.1 Å². The van der Waals surface area contributed by atoms with E-state index in [0.29, 0.717) is 18.5 Å². The van der Waals surface area contributed by atoms with E-state index in [0.717, 1.165) is 60.8 Å². The number of aromatic hydroxyl groups is 1. The van der Waals surface area contributed by atoms with Crippen molar-refractivity contribution in [2.75, 3.05) is 18.6 Å². The van der Waals surface area contributed by atoms with E-state index < -0.39 is 79.8 Å². The third-order valence-corrected chi connectivity index (χ3v) is 9.78. The topological polar surface area (TPSA) is 135 Å². The van der Waals surface area contributed by atoms with Crippen molar-refractivity contribution in [1.29, 1.82) is 0 Å². The van der Waals surface area contributed by atoms with Gasteiger partial charge in [-0.15, -0.1) is 0 Å². The number of hydrogen-bond acceptors (Lipinski definition) is 6. The van der Waals surface area contributed by atoms with Gasteiger partial charge in [-0.1, -0.05) is 43.5 Å². The van der Waals surface area contributed by atoms with Crippen molar-refractivity contribution < 1.29 is 55.3 Å². The number of carboxylic acids is 1. The Morgan fingerprint density at radius 1 is 0.889 bits per heavy atom. The minimum absolute atomic E-state index is 0.0295. The van der Waals surface area contributed by atoms with Crippen LogP contribution >= 0.6 is 0 Å². The molecule has 1 atom stereocenters. The number of nitrogens with zero attached hydrogens (tertiary/aromatic N) is 2. The molecular formula is C30H29F5N2O7S. The van der Waals surface area contributed by atoms with E-state index in [2.05, 4.69) is 0 Å². The molecule has 0 bridgehead atoms. The highest BCUT2D eigenvalue weighted by molar-refractivity contribution is 7.89. The number of aliphatic hydroxyl groups is 1. The summed E-state index contributed by atoms with van der Waals surface area (Å²) in [5, 5.41) is 29.7. The zero-order valence-corrected chi connectivity index (χ0v) is 24.6. The molecule has 0 spiro atoms. The Morgan fingerprint density at radius 2 is 1.44 bits per heavy atom. The van der Waals surface area contributed by atoms with E-state index in [1.807, 2.05) is 12.1 Å². The van der Waals surface area contributed by atoms with Crippen molar-refractivity contribution >= 4 is 27.6 Å². The first-order valence-corrected chi connectivity index (χ1v) is 15.2. The molecule has 0 aliphatic heterocycles. The number of hydrogen-bond donors (Lipinski definition) is 3. The van der Waals surface area contributed by atoms with Crippen molar-refractivity contribution in [2.45, 2.75) is 55.5 Å². The van der Waals surface area contributed by atoms with Crippen LogP contribution in [0.4, 0.5) is 27.6 Å². The summed E-state index contributed by atoms with van der Waals surface area (Å²) < 4.78 is 96.6. The van der Waals surface area contributed by atoms with Crippen LogP contribution in [0.1, 0.15) is 59.5 Å². The highest BCUT2D eigenvalue weighted by Crippen LogP contribution is 2.34. The van der Waals surface area contributed by atoms with E-state index in [4.69, 9.17) is 0 Å². The Kier molecular flexibility index (Phi) is 10.1. The lowest BCUT2D eigenvalue weighted by molar-refractivity contribution is -0.123. The summed E-state index contributed by atoms with van der Waals surface area (Å²) >= 11 is 0. The molecule has 45 heavy (non-hydrogen) atoms. The number of carbonyl (C=O) groups excluding carboxylic acids is 1. The standard InChI is InChI=1S/C30H29F5N2O7S/c1-36(45(43,44)28-26(34)24(32)23(31)25(33)27(28)35)21(15-38)29(40)37(19-11-12-20(30(41)42)22(39)13-19)14-16-7-9-18(10-8-16)17-5-3-2-4-6-17/h7-13,17,21,38-39H,2-6,14-15H2,1H3,(H,41,42)/t21-/m0/s1. The van der Waals surface area contributed by atoms with Crippen molar-refractivity contribution in [3.8, 4) is 5.75 Å². The highest BCUT2D eigenvalue weighted by atomic mass is 32.2. The molecule has 3 aromatic rings. The Balaban J connectivity index is 1.74. The summed E-state index contributed by atoms with van der Waals surface area (Å²) in [6.45, 7) is -1.62. The SMILES string of the molecule is CN([C@@H](CO)C(=O)N(Cc1ccc(C2CCCCC2)cc1)c1ccc(C(=O)O)c(O)c1)S(=O)(=O)c1c(F)c(F)c(F)c(F)c1F. The van der Waals surface area contributed by atoms with Gasteiger partial charge in [-0.25, -0.2) is 35.2 Å². The maximum atomic E-state index is 14.5. The van der Waals surface area contributed by atoms with Crippen LogP contribution in [0.25, 0.3) is 0 Å². The quantitative estimate of drug-likeness (QED) is 0.158. The summed E-state index contributed by atoms with van der Waals surface area (Å²) in [5.74, 6) is -16.1. The van der Waals surface area contributed by atoms with Crippen LogP contribution in [0.5, 0.6) is 5.75 Å². The molecule has 1 aliphatic rings. The fraction of sp³-hybridized carbons (Fsp3) is 0.333. The zero-order valence-electron chi connectivity index (χ0n) is 23.8. The molecule has 0 saturated heterocycles. The molecule has 1 saturated carbocycles. The van der Waals surface area contributed by atoms with Gasteiger partial charge in [0.1, 0.15) is 17.4 Å². The summed E-state index contributed by atoms with van der Waals surface area (Å²) in [7, 11) is -5.04. The summed E-state index contributed by atoms with van der Waals surface area (Å²) in [6.07, 6.45) is 5.37. The molecule has 3 N–H and O–H groups in total. The Hall–Kier alpha value is -4.08. The summed E-state index contributed by atoms with van der Waals surface area (Å²) in [4.78, 5) is 23.9. The number of carboxylic acid groups (broad SMARTS) is 1. The molecule has 0 unspecified atom stereocenters. The highest BCUT2D eigenvalue weighted by Gasteiger charge is 2.41. The minimum atomic E-state index is -5.65. The van der Waals surface area contributed by atoms with Crippen molar-refractivity contribution in [3.63, 3.8) is 0 Å². The number of sulfonamides is 1. The third kappa shape index (κ3) is 6.65. The zero-order chi connectivity index (χ0) is 33.2. The van der Waals surface area contributed by atoms with Crippen LogP contribution in [0.15, 0.2) is 47.4 Å². The summed E-state index contributed by atoms with van der Waals surface area (Å²) in [6, 6.07) is 7.98. The first-order chi connectivity index (χ1) is 21.2. The lowest BCUT2D eigenvalue weighted by Crippen LogP contribution is -2.51. The fourth-order valence-corrected chi connectivity index (χ4v) is 6.74. The first kappa shape index (κ1) is 33.8. The lowest BCUT2D eigenvalue weighted by Gasteiger charge is -2.31. The molecule has 1 amide bonds. The molecule has 4 rings (SSSR count). The molecule has 242 valence electrons. The fourth-order valence-electron chi connectivity index (χ4n) is 5.33. The van der Waals surface area contributed by atoms with Gasteiger partial charge >= 0.3 is 5.97 Å². The monoisotopic (exact) mass is 656 g/mol. The van der Waals surface area contributed by atoms with Crippen LogP contribution in [-0.4, -0.2) is 59.6 Å². The number of anilines is 1. The van der Waals surface area contributed by atoms with Crippen LogP contribution < -0.4 is 4.90 Å². The Bertz CT molecular complexity index is 1690. The number of likely N-dealkylation sites (N-methyl/N-ethyl adjacent to an activating group) is 1. The number of halogens is 5. The maximum Gasteiger partial charge on any atom is 0.339 e. The average molecular weight is 657 g/mol. The normalized spacial score (nSPS) is 14.8. The van der Waals surface area contributed by atoms with Gasteiger partial charge in [-0.2, -0.15) is 4.31 Å². The molecular weight excluding hydrogens is 627 g/mol. The molecule has 9 nitrogen and oxygen atoms in total. The van der Waals surface area contributed by atoms with E-state index in [9.17, 15) is 55.3 Å². The molecule has 0 radical (unpaired) electrons. The van der Waals surface area contributed by atoms with Gasteiger partial charge in [0.05, 0.1) is 13.2 Å². The lowest BCUT2D eigenvalue weighted by atomic mass is 9.84. The predicted molar refractivity (Wildman–Crippen MR) is 151 cm³/mol. The second-order valence-corrected chi connectivity index (χ2v) is 12.6. The van der Waals surface area contributed by atoms with Crippen LogP contribution in [0, 0.1) is 29.1 Å². The average Bonchev–Trinajstić information content (AvgIpc) is 3.02. The van der Waals surface area contributed by atoms with Crippen LogP contribution in [-0.2, 0) is 21.4 Å². The van der Waals surface area contributed by atoms with Gasteiger partial charge in [0.15, 0.2) is 28.2 Å². The van der Waals surface area contributed by atoms with Gasteiger partial charge in [0, 0.05) is 18.8 Å². The third-order valence-electron chi connectivity index (χ3n) is 7.89. The Labute approximate surface area is 255 Å². The molecule has 0 heterocycles. The number of aliphatic hydroxyl groups excluding tert-OH is 1. The number of amides is 1. The number of aromatic carboxylic acids is 1. The number of rotatable bonds is 10. The Morgan fingerprint density at radius 3 is 1.96 bits per heavy atom. The molecule has 3 aromatic carbocycles. The van der Waals surface area contributed by atoms with Gasteiger partial charge in [-0.3, -0.25) is 4.79 Å². The number of phenols is 1. The van der Waals surface area contributed by atoms with E-state index >= 15 is 0 Å². The van der Waals surface area contributed by atoms with Gasteiger partial charge in [-0.05, 0) is 42.0 Å². The largest absolute Gasteiger partial charge is 0.507 e. The van der Waals surface area contributed by atoms with Crippen molar-refractivity contribution in [3.05, 3.63) is 88.2 Å². The molecule has 15 heteroatoms. The van der Waals surface area contributed by atoms with Gasteiger partial charge in [0.25, 0.3) is 0 Å². The maximum absolute atomic E-state index is 14.5. The van der Waals surface area contributed by atoms with Gasteiger partial charge in [0.2, 0.25) is 21.7 Å². The molecule has 1 fully saturated rings. The van der Waals surface area contributed by atoms with Crippen molar-refractivity contribution in [2.24, 2.45) is 0 Å². The first-order valence-electron chi connectivity index (χ1n) is 13.8. The van der Waals surface area contributed by atoms with Gasteiger partial charge < -0.3 is 20.2 Å². The molecule has 1 aliphatic carbocycles. The number of carbonyl (C=O) groups is 2. The predicted octanol–water partition coefficient (Wildman–Crippen LogP) is 5.05. The molecule has 0 aromatic heterocycles. The number of benzene rings is 3. The van der Waals surface area contributed by atoms with Crippen molar-refractivity contribution in [1.82, 2.24) is 4.31 Å². The second kappa shape index (κ2) is 13.5. The van der Waals surface area contributed by atoms with Crippen LogP contribution in [0.3, 0.4) is 0 Å². The van der Waals surface area contributed by atoms with Crippen LogP contribution in [0.2, 0.25) is 0 Å². The van der Waals surface area contributed by atoms with E-state index in [1.165, 1.54) is 0 Å².